The average Bonchev–Trinajstić information content (AvgIpc) is 3.09. The molecular formula is C20H24FN3O2. The molecule has 0 bridgehead atoms. The van der Waals surface area contributed by atoms with E-state index in [4.69, 9.17) is 9.72 Å². The van der Waals surface area contributed by atoms with Gasteiger partial charge in [-0.25, -0.2) is 4.39 Å². The van der Waals surface area contributed by atoms with Gasteiger partial charge in [-0.15, -0.1) is 0 Å². The van der Waals surface area contributed by atoms with Crippen molar-refractivity contribution in [3.63, 3.8) is 0 Å². The van der Waals surface area contributed by atoms with Crippen LogP contribution in [-0.4, -0.2) is 47.9 Å². The van der Waals surface area contributed by atoms with E-state index >= 15 is 0 Å². The van der Waals surface area contributed by atoms with Crippen molar-refractivity contribution in [1.82, 2.24) is 14.8 Å². The summed E-state index contributed by atoms with van der Waals surface area (Å²) in [5.74, 6) is -0.118. The van der Waals surface area contributed by atoms with Crippen LogP contribution < -0.4 is 4.74 Å². The molecule has 5 nitrogen and oxygen atoms in total. The molecule has 1 aliphatic heterocycles. The third kappa shape index (κ3) is 4.58. The molecule has 1 atom stereocenters. The van der Waals surface area contributed by atoms with E-state index in [1.807, 2.05) is 37.2 Å². The van der Waals surface area contributed by atoms with E-state index in [-0.39, 0.29) is 24.4 Å². The Morgan fingerprint density at radius 2 is 2.12 bits per heavy atom. The Morgan fingerprint density at radius 1 is 1.31 bits per heavy atom. The lowest BCUT2D eigenvalue weighted by Crippen LogP contribution is -2.35. The van der Waals surface area contributed by atoms with Gasteiger partial charge in [0.05, 0.1) is 17.4 Å². The van der Waals surface area contributed by atoms with Crippen molar-refractivity contribution < 1.29 is 13.9 Å². The monoisotopic (exact) mass is 357 g/mol. The number of benzene rings is 1. The minimum absolute atomic E-state index is 0.0271. The van der Waals surface area contributed by atoms with Crippen LogP contribution in [0.5, 0.6) is 5.75 Å². The molecule has 2 heterocycles. The van der Waals surface area contributed by atoms with Crippen molar-refractivity contribution in [3.8, 4) is 5.75 Å². The van der Waals surface area contributed by atoms with Gasteiger partial charge < -0.3 is 14.5 Å². The number of carbonyl (C=O) groups excluding carboxylic acids is 1. The molecule has 1 aliphatic rings. The van der Waals surface area contributed by atoms with Crippen molar-refractivity contribution in [2.75, 3.05) is 27.2 Å². The molecule has 0 radical (unpaired) electrons. The zero-order valence-electron chi connectivity index (χ0n) is 15.2. The second kappa shape index (κ2) is 8.27. The lowest BCUT2D eigenvalue weighted by atomic mass is 10.1. The summed E-state index contributed by atoms with van der Waals surface area (Å²) in [6, 6.07) is 11.8. The van der Waals surface area contributed by atoms with Gasteiger partial charge in [0, 0.05) is 19.2 Å². The number of hydrogen-bond donors (Lipinski definition) is 0. The average molecular weight is 357 g/mol. The highest BCUT2D eigenvalue weighted by Crippen LogP contribution is 2.31. The third-order valence-electron chi connectivity index (χ3n) is 4.38. The number of amides is 1. The number of rotatable bonds is 6. The van der Waals surface area contributed by atoms with Gasteiger partial charge in [-0.1, -0.05) is 12.1 Å². The van der Waals surface area contributed by atoms with Gasteiger partial charge in [-0.2, -0.15) is 0 Å². The number of aromatic nitrogens is 1. The maximum Gasteiger partial charge on any atom is 0.261 e. The molecule has 26 heavy (non-hydrogen) atoms. The second-order valence-electron chi connectivity index (χ2n) is 6.78. The highest BCUT2D eigenvalue weighted by atomic mass is 19.1. The highest BCUT2D eigenvalue weighted by molar-refractivity contribution is 5.78. The van der Waals surface area contributed by atoms with Crippen molar-refractivity contribution in [2.24, 2.45) is 0 Å². The van der Waals surface area contributed by atoms with E-state index in [1.54, 1.807) is 12.1 Å². The van der Waals surface area contributed by atoms with Gasteiger partial charge in [0.2, 0.25) is 0 Å². The largest absolute Gasteiger partial charge is 0.484 e. The Hall–Kier alpha value is -2.47. The normalized spacial score (nSPS) is 16.9. The van der Waals surface area contributed by atoms with Crippen LogP contribution in [0, 0.1) is 5.82 Å². The quantitative estimate of drug-likeness (QED) is 0.797. The van der Waals surface area contributed by atoms with Crippen molar-refractivity contribution in [3.05, 3.63) is 59.7 Å². The predicted octanol–water partition coefficient (Wildman–Crippen LogP) is 3.02. The van der Waals surface area contributed by atoms with Crippen LogP contribution in [0.1, 0.15) is 30.3 Å². The molecule has 0 saturated carbocycles. The lowest BCUT2D eigenvalue weighted by Gasteiger charge is -2.25. The molecule has 0 aliphatic carbocycles. The fourth-order valence-corrected chi connectivity index (χ4v) is 3.25. The first-order valence-electron chi connectivity index (χ1n) is 8.81. The minimum Gasteiger partial charge on any atom is -0.484 e. The van der Waals surface area contributed by atoms with Gasteiger partial charge in [0.15, 0.2) is 6.61 Å². The van der Waals surface area contributed by atoms with Crippen LogP contribution in [0.25, 0.3) is 0 Å². The molecule has 1 aromatic heterocycles. The molecule has 0 N–H and O–H groups in total. The van der Waals surface area contributed by atoms with Crippen LogP contribution in [0.15, 0.2) is 42.5 Å². The van der Waals surface area contributed by atoms with Gasteiger partial charge in [0.25, 0.3) is 5.91 Å². The zero-order chi connectivity index (χ0) is 18.5. The molecule has 0 spiro atoms. The molecule has 6 heteroatoms. The van der Waals surface area contributed by atoms with Crippen molar-refractivity contribution in [2.45, 2.75) is 25.4 Å². The molecule has 0 unspecified atom stereocenters. The first kappa shape index (κ1) is 18.3. The zero-order valence-corrected chi connectivity index (χ0v) is 15.2. The molecule has 138 valence electrons. The molecule has 1 amide bonds. The van der Waals surface area contributed by atoms with Gasteiger partial charge >= 0.3 is 0 Å². The molecule has 1 saturated heterocycles. The number of pyridine rings is 1. The standard InChI is InChI=1S/C20H24FN3O2/c1-23(2)13-16-7-4-9-18(22-16)19-10-5-11-24(19)20(25)14-26-17-8-3-6-15(21)12-17/h3-4,6-9,12,19H,5,10-11,13-14H2,1-2H3/t19-/m1/s1. The first-order chi connectivity index (χ1) is 12.5. The predicted molar refractivity (Wildman–Crippen MR) is 97.2 cm³/mol. The second-order valence-corrected chi connectivity index (χ2v) is 6.78. The van der Waals surface area contributed by atoms with E-state index in [2.05, 4.69) is 4.90 Å². The summed E-state index contributed by atoms with van der Waals surface area (Å²) in [4.78, 5) is 21.2. The Bertz CT molecular complexity index is 766. The topological polar surface area (TPSA) is 45.7 Å². The van der Waals surface area contributed by atoms with Crippen molar-refractivity contribution >= 4 is 5.91 Å². The number of halogens is 1. The summed E-state index contributed by atoms with van der Waals surface area (Å²) in [6.07, 6.45) is 1.83. The number of hydrogen-bond acceptors (Lipinski definition) is 4. The van der Waals surface area contributed by atoms with Crippen LogP contribution in [0.3, 0.4) is 0 Å². The number of nitrogens with zero attached hydrogens (tertiary/aromatic N) is 3. The molecule has 1 fully saturated rings. The summed E-state index contributed by atoms with van der Waals surface area (Å²) in [5.41, 5.74) is 1.91. The van der Waals surface area contributed by atoms with Gasteiger partial charge in [-0.3, -0.25) is 9.78 Å². The van der Waals surface area contributed by atoms with E-state index in [9.17, 15) is 9.18 Å². The first-order valence-corrected chi connectivity index (χ1v) is 8.81. The van der Waals surface area contributed by atoms with Gasteiger partial charge in [0.1, 0.15) is 11.6 Å². The maximum absolute atomic E-state index is 13.2. The van der Waals surface area contributed by atoms with Crippen LogP contribution in [0.4, 0.5) is 4.39 Å². The molecule has 3 rings (SSSR count). The minimum atomic E-state index is -0.379. The third-order valence-corrected chi connectivity index (χ3v) is 4.38. The summed E-state index contributed by atoms with van der Waals surface area (Å²) < 4.78 is 18.7. The molecule has 1 aromatic carbocycles. The van der Waals surface area contributed by atoms with E-state index < -0.39 is 0 Å². The Kier molecular flexibility index (Phi) is 5.83. The van der Waals surface area contributed by atoms with E-state index in [1.165, 1.54) is 12.1 Å². The highest BCUT2D eigenvalue weighted by Gasteiger charge is 2.31. The Morgan fingerprint density at radius 3 is 2.88 bits per heavy atom. The Balaban J connectivity index is 1.66. The van der Waals surface area contributed by atoms with E-state index in [0.29, 0.717) is 12.3 Å². The molecular weight excluding hydrogens is 333 g/mol. The molecule has 2 aromatic rings. The van der Waals surface area contributed by atoms with Gasteiger partial charge in [-0.05, 0) is 51.2 Å². The lowest BCUT2D eigenvalue weighted by molar-refractivity contribution is -0.134. The summed E-state index contributed by atoms with van der Waals surface area (Å²) in [5, 5.41) is 0. The van der Waals surface area contributed by atoms with Crippen LogP contribution in [0.2, 0.25) is 0 Å². The van der Waals surface area contributed by atoms with Crippen LogP contribution in [-0.2, 0) is 11.3 Å². The van der Waals surface area contributed by atoms with Crippen molar-refractivity contribution in [1.29, 1.82) is 0 Å². The number of ether oxygens (including phenoxy) is 1. The smallest absolute Gasteiger partial charge is 0.261 e. The fourth-order valence-electron chi connectivity index (χ4n) is 3.25. The number of likely N-dealkylation sites (tertiary alicyclic amines) is 1. The summed E-state index contributed by atoms with van der Waals surface area (Å²) in [6.45, 7) is 1.35. The SMILES string of the molecule is CN(C)Cc1cccc([C@H]2CCCN2C(=O)COc2cccc(F)c2)n1. The summed E-state index contributed by atoms with van der Waals surface area (Å²) >= 11 is 0. The Labute approximate surface area is 153 Å². The fraction of sp³-hybridized carbons (Fsp3) is 0.400. The maximum atomic E-state index is 13.2. The van der Waals surface area contributed by atoms with E-state index in [0.717, 1.165) is 30.8 Å². The number of carbonyl (C=O) groups is 1. The summed E-state index contributed by atoms with van der Waals surface area (Å²) in [7, 11) is 4.01. The van der Waals surface area contributed by atoms with Crippen LogP contribution >= 0.6 is 0 Å².